The molecule has 0 fully saturated rings. The summed E-state index contributed by atoms with van der Waals surface area (Å²) in [7, 11) is 3.99. The second-order valence-electron chi connectivity index (χ2n) is 5.80. The minimum Gasteiger partial charge on any atom is -0.490 e. The summed E-state index contributed by atoms with van der Waals surface area (Å²) in [6, 6.07) is 5.47. The van der Waals surface area contributed by atoms with Gasteiger partial charge in [-0.05, 0) is 45.6 Å². The van der Waals surface area contributed by atoms with Gasteiger partial charge >= 0.3 is 6.03 Å². The van der Waals surface area contributed by atoms with E-state index in [9.17, 15) is 4.79 Å². The molecule has 2 N–H and O–H groups in total. The zero-order valence-corrected chi connectivity index (χ0v) is 15.4. The number of rotatable bonds is 7. The van der Waals surface area contributed by atoms with Crippen molar-refractivity contribution < 1.29 is 9.53 Å². The molecule has 1 aromatic heterocycles. The number of hydrogen-bond acceptors (Lipinski definition) is 5. The Morgan fingerprint density at radius 2 is 2.12 bits per heavy atom. The van der Waals surface area contributed by atoms with Gasteiger partial charge in [0.05, 0.1) is 17.2 Å². The number of ether oxygens (including phenoxy) is 1. The van der Waals surface area contributed by atoms with Gasteiger partial charge < -0.3 is 20.3 Å². The Morgan fingerprint density at radius 1 is 1.33 bits per heavy atom. The van der Waals surface area contributed by atoms with Crippen LogP contribution in [0, 0.1) is 13.8 Å². The van der Waals surface area contributed by atoms with E-state index in [4.69, 9.17) is 4.74 Å². The van der Waals surface area contributed by atoms with Gasteiger partial charge in [-0.25, -0.2) is 9.78 Å². The molecule has 0 aliphatic carbocycles. The SMILES string of the molecule is Cc1ccc(NC(=O)NCc2cnc(C)s2)c(OCCN(C)C)c1. The zero-order chi connectivity index (χ0) is 17.5. The Labute approximate surface area is 146 Å². The van der Waals surface area contributed by atoms with Gasteiger partial charge in [0.2, 0.25) is 0 Å². The highest BCUT2D eigenvalue weighted by atomic mass is 32.1. The van der Waals surface area contributed by atoms with Crippen LogP contribution in [-0.2, 0) is 6.54 Å². The summed E-state index contributed by atoms with van der Waals surface area (Å²) in [5.74, 6) is 0.681. The van der Waals surface area contributed by atoms with Gasteiger partial charge in [0.15, 0.2) is 0 Å². The number of likely N-dealkylation sites (N-methyl/N-ethyl adjacent to an activating group) is 1. The first-order chi connectivity index (χ1) is 11.4. The van der Waals surface area contributed by atoms with Gasteiger partial charge in [0.1, 0.15) is 12.4 Å². The van der Waals surface area contributed by atoms with Crippen LogP contribution in [0.1, 0.15) is 15.4 Å². The van der Waals surface area contributed by atoms with Gasteiger partial charge in [-0.2, -0.15) is 0 Å². The highest BCUT2D eigenvalue weighted by Gasteiger charge is 2.09. The molecular formula is C17H24N4O2S. The lowest BCUT2D eigenvalue weighted by Crippen LogP contribution is -2.28. The van der Waals surface area contributed by atoms with Crippen molar-refractivity contribution >= 4 is 23.1 Å². The number of nitrogens with zero attached hydrogens (tertiary/aromatic N) is 2. The maximum atomic E-state index is 12.1. The molecule has 1 aromatic carbocycles. The Hall–Kier alpha value is -2.12. The minimum atomic E-state index is -0.262. The van der Waals surface area contributed by atoms with Crippen molar-refractivity contribution in [2.24, 2.45) is 0 Å². The molecule has 0 saturated carbocycles. The molecule has 0 atom stereocenters. The Kier molecular flexibility index (Phi) is 6.57. The summed E-state index contributed by atoms with van der Waals surface area (Å²) >= 11 is 1.57. The number of carbonyl (C=O) groups excluding carboxylic acids is 1. The number of urea groups is 1. The second kappa shape index (κ2) is 8.65. The molecule has 0 spiro atoms. The van der Waals surface area contributed by atoms with E-state index in [0.29, 0.717) is 24.6 Å². The van der Waals surface area contributed by atoms with Crippen molar-refractivity contribution in [2.45, 2.75) is 20.4 Å². The number of benzene rings is 1. The number of thiazole rings is 1. The van der Waals surface area contributed by atoms with Crippen LogP contribution in [0.3, 0.4) is 0 Å². The average Bonchev–Trinajstić information content (AvgIpc) is 2.93. The van der Waals surface area contributed by atoms with E-state index in [1.54, 1.807) is 17.5 Å². The molecule has 6 nitrogen and oxygen atoms in total. The molecule has 2 aromatic rings. The molecule has 2 amide bonds. The Bertz CT molecular complexity index is 685. The first-order valence-corrected chi connectivity index (χ1v) is 8.60. The fourth-order valence-corrected chi connectivity index (χ4v) is 2.75. The Balaban J connectivity index is 1.93. The fraction of sp³-hybridized carbons (Fsp3) is 0.412. The molecule has 2 rings (SSSR count). The highest BCUT2D eigenvalue weighted by molar-refractivity contribution is 7.11. The third kappa shape index (κ3) is 5.82. The van der Waals surface area contributed by atoms with Crippen LogP contribution in [0.15, 0.2) is 24.4 Å². The molecule has 0 aliphatic heterocycles. The molecule has 24 heavy (non-hydrogen) atoms. The largest absolute Gasteiger partial charge is 0.490 e. The number of aryl methyl sites for hydroxylation is 2. The van der Waals surface area contributed by atoms with Gasteiger partial charge in [-0.1, -0.05) is 6.07 Å². The number of carbonyl (C=O) groups is 1. The molecule has 1 heterocycles. The van der Waals surface area contributed by atoms with E-state index in [0.717, 1.165) is 22.0 Å². The van der Waals surface area contributed by atoms with Gasteiger partial charge in [0, 0.05) is 17.6 Å². The number of nitrogens with one attached hydrogen (secondary N) is 2. The highest BCUT2D eigenvalue weighted by Crippen LogP contribution is 2.25. The maximum absolute atomic E-state index is 12.1. The first kappa shape index (κ1) is 18.2. The van der Waals surface area contributed by atoms with Crippen LogP contribution in [0.2, 0.25) is 0 Å². The lowest BCUT2D eigenvalue weighted by molar-refractivity contribution is 0.250. The Morgan fingerprint density at radius 3 is 2.79 bits per heavy atom. The molecule has 0 aliphatic rings. The maximum Gasteiger partial charge on any atom is 0.319 e. The van der Waals surface area contributed by atoms with E-state index in [2.05, 4.69) is 15.6 Å². The zero-order valence-electron chi connectivity index (χ0n) is 14.5. The van der Waals surface area contributed by atoms with Crippen molar-refractivity contribution in [2.75, 3.05) is 32.6 Å². The van der Waals surface area contributed by atoms with Crippen molar-refractivity contribution in [3.63, 3.8) is 0 Å². The predicted molar refractivity (Wildman–Crippen MR) is 97.9 cm³/mol. The standard InChI is InChI=1S/C17H24N4O2S/c1-12-5-6-15(16(9-12)23-8-7-21(3)4)20-17(22)19-11-14-10-18-13(2)24-14/h5-6,9-10H,7-8,11H2,1-4H3,(H2,19,20,22). The van der Waals surface area contributed by atoms with E-state index >= 15 is 0 Å². The van der Waals surface area contributed by atoms with Crippen LogP contribution < -0.4 is 15.4 Å². The molecule has 7 heteroatoms. The first-order valence-electron chi connectivity index (χ1n) is 7.78. The average molecular weight is 348 g/mol. The molecule has 130 valence electrons. The normalized spacial score (nSPS) is 10.7. The lowest BCUT2D eigenvalue weighted by Gasteiger charge is -2.15. The second-order valence-corrected chi connectivity index (χ2v) is 7.12. The van der Waals surface area contributed by atoms with Crippen molar-refractivity contribution in [1.29, 1.82) is 0 Å². The molecule has 0 radical (unpaired) electrons. The van der Waals surface area contributed by atoms with Crippen LogP contribution in [0.25, 0.3) is 0 Å². The summed E-state index contributed by atoms with van der Waals surface area (Å²) in [5, 5.41) is 6.67. The summed E-state index contributed by atoms with van der Waals surface area (Å²) in [6.07, 6.45) is 1.78. The van der Waals surface area contributed by atoms with Crippen LogP contribution >= 0.6 is 11.3 Å². The monoisotopic (exact) mass is 348 g/mol. The molecule has 0 bridgehead atoms. The number of aromatic nitrogens is 1. The lowest BCUT2D eigenvalue weighted by atomic mass is 10.2. The van der Waals surface area contributed by atoms with E-state index in [-0.39, 0.29) is 6.03 Å². The van der Waals surface area contributed by atoms with Crippen molar-refractivity contribution in [3.8, 4) is 5.75 Å². The summed E-state index contributed by atoms with van der Waals surface area (Å²) in [5.41, 5.74) is 1.75. The number of anilines is 1. The van der Waals surface area contributed by atoms with E-state index in [1.807, 2.05) is 51.0 Å². The molecule has 0 saturated heterocycles. The third-order valence-corrected chi connectivity index (χ3v) is 4.19. The van der Waals surface area contributed by atoms with Gasteiger partial charge in [0.25, 0.3) is 0 Å². The summed E-state index contributed by atoms with van der Waals surface area (Å²) < 4.78 is 5.80. The van der Waals surface area contributed by atoms with Crippen LogP contribution in [0.4, 0.5) is 10.5 Å². The number of amides is 2. The third-order valence-electron chi connectivity index (χ3n) is 3.27. The fourth-order valence-electron chi connectivity index (χ4n) is 2.01. The smallest absolute Gasteiger partial charge is 0.319 e. The topological polar surface area (TPSA) is 66.5 Å². The van der Waals surface area contributed by atoms with Gasteiger partial charge in [-0.15, -0.1) is 11.3 Å². The van der Waals surface area contributed by atoms with Crippen molar-refractivity contribution in [3.05, 3.63) is 39.8 Å². The molecule has 0 unspecified atom stereocenters. The van der Waals surface area contributed by atoms with Gasteiger partial charge in [-0.3, -0.25) is 0 Å². The molecular weight excluding hydrogens is 324 g/mol. The van der Waals surface area contributed by atoms with Crippen molar-refractivity contribution in [1.82, 2.24) is 15.2 Å². The minimum absolute atomic E-state index is 0.262. The van der Waals surface area contributed by atoms with E-state index in [1.165, 1.54) is 0 Å². The van der Waals surface area contributed by atoms with E-state index < -0.39 is 0 Å². The van der Waals surface area contributed by atoms with Crippen LogP contribution in [0.5, 0.6) is 5.75 Å². The number of hydrogen-bond donors (Lipinski definition) is 2. The summed E-state index contributed by atoms with van der Waals surface area (Å²) in [6.45, 7) is 5.77. The summed E-state index contributed by atoms with van der Waals surface area (Å²) in [4.78, 5) is 19.4. The van der Waals surface area contributed by atoms with Crippen LogP contribution in [-0.4, -0.2) is 43.2 Å². The predicted octanol–water partition coefficient (Wildman–Crippen LogP) is 3.02. The quantitative estimate of drug-likeness (QED) is 0.807.